The summed E-state index contributed by atoms with van der Waals surface area (Å²) >= 11 is 0. The van der Waals surface area contributed by atoms with Crippen molar-refractivity contribution >= 4 is 23.2 Å². The molecular formula is C20H22FN3O2. The molecule has 1 fully saturated rings. The molecule has 0 unspecified atom stereocenters. The minimum Gasteiger partial charge on any atom is -0.376 e. The Morgan fingerprint density at radius 2 is 1.69 bits per heavy atom. The molecule has 0 radical (unpaired) electrons. The van der Waals surface area contributed by atoms with Crippen LogP contribution in [0.25, 0.3) is 0 Å². The summed E-state index contributed by atoms with van der Waals surface area (Å²) < 4.78 is 13.5. The topological polar surface area (TPSA) is 61.4 Å². The molecule has 0 atom stereocenters. The molecule has 5 nitrogen and oxygen atoms in total. The lowest BCUT2D eigenvalue weighted by Gasteiger charge is -2.15. The van der Waals surface area contributed by atoms with E-state index in [1.807, 2.05) is 4.90 Å². The van der Waals surface area contributed by atoms with Gasteiger partial charge in [-0.1, -0.05) is 6.07 Å². The van der Waals surface area contributed by atoms with E-state index in [-0.39, 0.29) is 24.2 Å². The molecule has 1 saturated heterocycles. The van der Waals surface area contributed by atoms with Gasteiger partial charge in [0.05, 0.1) is 6.54 Å². The number of hydrogen-bond donors (Lipinski definition) is 2. The van der Waals surface area contributed by atoms with Crippen LogP contribution in [0.15, 0.2) is 42.5 Å². The van der Waals surface area contributed by atoms with Crippen LogP contribution in [0.2, 0.25) is 0 Å². The summed E-state index contributed by atoms with van der Waals surface area (Å²) in [5, 5.41) is 5.64. The number of rotatable bonds is 5. The van der Waals surface area contributed by atoms with Crippen LogP contribution >= 0.6 is 0 Å². The maximum absolute atomic E-state index is 13.5. The number of halogens is 1. The van der Waals surface area contributed by atoms with Gasteiger partial charge in [-0.15, -0.1) is 0 Å². The molecule has 2 aromatic rings. The molecule has 0 saturated carbocycles. The maximum atomic E-state index is 13.5. The fraction of sp³-hybridized carbons (Fsp3) is 0.300. The number of benzene rings is 2. The number of anilines is 2. The van der Waals surface area contributed by atoms with Crippen LogP contribution in [-0.2, 0) is 4.79 Å². The number of amides is 2. The van der Waals surface area contributed by atoms with E-state index < -0.39 is 0 Å². The maximum Gasteiger partial charge on any atom is 0.253 e. The molecule has 136 valence electrons. The van der Waals surface area contributed by atoms with Crippen molar-refractivity contribution in [1.29, 1.82) is 0 Å². The van der Waals surface area contributed by atoms with Crippen molar-refractivity contribution in [1.82, 2.24) is 4.90 Å². The second kappa shape index (κ2) is 7.99. The van der Waals surface area contributed by atoms with Crippen LogP contribution in [0, 0.1) is 12.7 Å². The van der Waals surface area contributed by atoms with Gasteiger partial charge in [0, 0.05) is 30.0 Å². The number of nitrogens with zero attached hydrogens (tertiary/aromatic N) is 1. The number of carbonyl (C=O) groups excluding carboxylic acids is 2. The first-order chi connectivity index (χ1) is 12.5. The molecule has 3 rings (SSSR count). The quantitative estimate of drug-likeness (QED) is 0.864. The summed E-state index contributed by atoms with van der Waals surface area (Å²) in [7, 11) is 0. The Kier molecular flexibility index (Phi) is 5.51. The van der Waals surface area contributed by atoms with E-state index in [1.165, 1.54) is 6.07 Å². The molecule has 6 heteroatoms. The summed E-state index contributed by atoms with van der Waals surface area (Å²) in [6, 6.07) is 11.7. The van der Waals surface area contributed by atoms with Crippen LogP contribution in [0.3, 0.4) is 0 Å². The Bertz CT molecular complexity index is 799. The third-order valence-corrected chi connectivity index (χ3v) is 4.43. The van der Waals surface area contributed by atoms with Crippen LogP contribution in [0.5, 0.6) is 0 Å². The van der Waals surface area contributed by atoms with Crippen LogP contribution < -0.4 is 10.6 Å². The fourth-order valence-electron chi connectivity index (χ4n) is 2.89. The first-order valence-corrected chi connectivity index (χ1v) is 8.72. The Hall–Kier alpha value is -2.89. The van der Waals surface area contributed by atoms with Crippen molar-refractivity contribution in [3.05, 3.63) is 59.4 Å². The lowest BCUT2D eigenvalue weighted by molar-refractivity contribution is -0.114. The van der Waals surface area contributed by atoms with Gasteiger partial charge in [-0.2, -0.15) is 0 Å². The predicted octanol–water partition coefficient (Wildman–Crippen LogP) is 3.42. The first-order valence-electron chi connectivity index (χ1n) is 8.72. The number of likely N-dealkylation sites (tertiary alicyclic amines) is 1. The van der Waals surface area contributed by atoms with Gasteiger partial charge in [-0.3, -0.25) is 9.59 Å². The van der Waals surface area contributed by atoms with Crippen molar-refractivity contribution in [3.63, 3.8) is 0 Å². The average Bonchev–Trinajstić information content (AvgIpc) is 3.18. The lowest BCUT2D eigenvalue weighted by Crippen LogP contribution is -2.27. The van der Waals surface area contributed by atoms with E-state index in [2.05, 4.69) is 10.6 Å². The van der Waals surface area contributed by atoms with Gasteiger partial charge in [0.2, 0.25) is 5.91 Å². The van der Waals surface area contributed by atoms with Crippen molar-refractivity contribution in [3.8, 4) is 0 Å². The molecule has 0 spiro atoms. The third kappa shape index (κ3) is 4.39. The van der Waals surface area contributed by atoms with Gasteiger partial charge in [0.25, 0.3) is 5.91 Å². The van der Waals surface area contributed by atoms with E-state index >= 15 is 0 Å². The molecule has 1 aliphatic heterocycles. The van der Waals surface area contributed by atoms with Crippen molar-refractivity contribution in [2.24, 2.45) is 0 Å². The number of aryl methyl sites for hydroxylation is 1. The van der Waals surface area contributed by atoms with Crippen molar-refractivity contribution < 1.29 is 14.0 Å². The zero-order valence-corrected chi connectivity index (χ0v) is 14.7. The largest absolute Gasteiger partial charge is 0.376 e. The molecule has 0 bridgehead atoms. The van der Waals surface area contributed by atoms with Gasteiger partial charge < -0.3 is 15.5 Å². The highest BCUT2D eigenvalue weighted by Crippen LogP contribution is 2.16. The third-order valence-electron chi connectivity index (χ3n) is 4.43. The molecule has 0 aromatic heterocycles. The second-order valence-electron chi connectivity index (χ2n) is 6.44. The van der Waals surface area contributed by atoms with E-state index in [4.69, 9.17) is 0 Å². The molecule has 1 heterocycles. The Labute approximate surface area is 152 Å². The van der Waals surface area contributed by atoms with Crippen LogP contribution in [0.4, 0.5) is 15.8 Å². The zero-order chi connectivity index (χ0) is 18.5. The number of hydrogen-bond acceptors (Lipinski definition) is 3. The highest BCUT2D eigenvalue weighted by molar-refractivity contribution is 5.95. The standard InChI is InChI=1S/C20H22FN3O2/c1-14-4-7-17(12-18(14)21)23-19(25)13-22-16-8-5-15(6-9-16)20(26)24-10-2-3-11-24/h4-9,12,22H,2-3,10-11,13H2,1H3,(H,23,25). The molecule has 2 aromatic carbocycles. The fourth-order valence-corrected chi connectivity index (χ4v) is 2.89. The predicted molar refractivity (Wildman–Crippen MR) is 99.8 cm³/mol. The molecular weight excluding hydrogens is 333 g/mol. The minimum absolute atomic E-state index is 0.0493. The smallest absolute Gasteiger partial charge is 0.253 e. The van der Waals surface area contributed by atoms with Crippen LogP contribution in [0.1, 0.15) is 28.8 Å². The van der Waals surface area contributed by atoms with Crippen LogP contribution in [-0.4, -0.2) is 36.3 Å². The highest BCUT2D eigenvalue weighted by Gasteiger charge is 2.19. The van der Waals surface area contributed by atoms with Crippen molar-refractivity contribution in [2.45, 2.75) is 19.8 Å². The van der Waals surface area contributed by atoms with Gasteiger partial charge in [-0.25, -0.2) is 4.39 Å². The molecule has 2 N–H and O–H groups in total. The van der Waals surface area contributed by atoms with E-state index in [0.717, 1.165) is 31.6 Å². The molecule has 26 heavy (non-hydrogen) atoms. The minimum atomic E-state index is -0.353. The summed E-state index contributed by atoms with van der Waals surface area (Å²) in [6.45, 7) is 3.35. The van der Waals surface area contributed by atoms with Gasteiger partial charge in [0.1, 0.15) is 5.82 Å². The first kappa shape index (κ1) is 17.9. The number of carbonyl (C=O) groups is 2. The average molecular weight is 355 g/mol. The lowest BCUT2D eigenvalue weighted by atomic mass is 10.2. The monoisotopic (exact) mass is 355 g/mol. The Morgan fingerprint density at radius 3 is 2.35 bits per heavy atom. The summed E-state index contributed by atoms with van der Waals surface area (Å²) in [6.07, 6.45) is 2.12. The highest BCUT2D eigenvalue weighted by atomic mass is 19.1. The van der Waals surface area contributed by atoms with Gasteiger partial charge >= 0.3 is 0 Å². The molecule has 0 aliphatic carbocycles. The second-order valence-corrected chi connectivity index (χ2v) is 6.44. The molecule has 1 aliphatic rings. The summed E-state index contributed by atoms with van der Waals surface area (Å²) in [4.78, 5) is 26.1. The Morgan fingerprint density at radius 1 is 1.04 bits per heavy atom. The van der Waals surface area contributed by atoms with E-state index in [9.17, 15) is 14.0 Å². The Balaban J connectivity index is 1.51. The van der Waals surface area contributed by atoms with E-state index in [1.54, 1.807) is 43.3 Å². The summed E-state index contributed by atoms with van der Waals surface area (Å²) in [5.74, 6) is -0.576. The van der Waals surface area contributed by atoms with E-state index in [0.29, 0.717) is 16.8 Å². The van der Waals surface area contributed by atoms with Gasteiger partial charge in [-0.05, 0) is 61.7 Å². The normalized spacial score (nSPS) is 13.5. The van der Waals surface area contributed by atoms with Crippen molar-refractivity contribution in [2.75, 3.05) is 30.3 Å². The SMILES string of the molecule is Cc1ccc(NC(=O)CNc2ccc(C(=O)N3CCCC3)cc2)cc1F. The summed E-state index contributed by atoms with van der Waals surface area (Å²) in [5.41, 5.74) is 2.35. The van der Waals surface area contributed by atoms with Gasteiger partial charge in [0.15, 0.2) is 0 Å². The molecule has 2 amide bonds. The number of nitrogens with one attached hydrogen (secondary N) is 2. The zero-order valence-electron chi connectivity index (χ0n) is 14.7.